The first-order valence-electron chi connectivity index (χ1n) is 9.38. The molecule has 2 N–H and O–H groups in total. The first-order chi connectivity index (χ1) is 13.2. The molecule has 1 aromatic carbocycles. The van der Waals surface area contributed by atoms with E-state index >= 15 is 0 Å². The molecule has 28 heavy (non-hydrogen) atoms. The van der Waals surface area contributed by atoms with Crippen molar-refractivity contribution in [2.75, 3.05) is 10.8 Å². The molecular weight excluding hydrogens is 380 g/mol. The van der Waals surface area contributed by atoms with E-state index in [1.807, 2.05) is 29.9 Å². The second-order valence-electron chi connectivity index (χ2n) is 7.58. The first kappa shape index (κ1) is 18.9. The van der Waals surface area contributed by atoms with Crippen molar-refractivity contribution < 1.29 is 17.9 Å². The number of hydrogen-bond acceptors (Lipinski definition) is 5. The molecule has 0 saturated heterocycles. The number of fused-ring (bicyclic) bond motifs is 1. The summed E-state index contributed by atoms with van der Waals surface area (Å²) < 4.78 is 30.7. The number of amides is 1. The van der Waals surface area contributed by atoms with Gasteiger partial charge in [0.2, 0.25) is 21.9 Å². The summed E-state index contributed by atoms with van der Waals surface area (Å²) in [5, 5.41) is 9.59. The largest absolute Gasteiger partial charge is 0.475 e. The molecule has 1 aliphatic heterocycles. The highest BCUT2D eigenvalue weighted by atomic mass is 32.2. The number of hydrogen-bond donors (Lipinski definition) is 1. The summed E-state index contributed by atoms with van der Waals surface area (Å²) in [4.78, 5) is 13.9. The maximum absolute atomic E-state index is 12.2. The number of carbonyl (C=O) groups is 1. The fourth-order valence-electron chi connectivity index (χ4n) is 3.83. The Bertz CT molecular complexity index is 1030. The molecule has 1 amide bonds. The van der Waals surface area contributed by atoms with E-state index in [0.29, 0.717) is 18.2 Å². The monoisotopic (exact) mass is 404 g/mol. The molecule has 4 rings (SSSR count). The highest BCUT2D eigenvalue weighted by Gasteiger charge is 2.31. The van der Waals surface area contributed by atoms with Crippen LogP contribution in [0.25, 0.3) is 11.1 Å². The van der Waals surface area contributed by atoms with E-state index in [1.54, 1.807) is 11.1 Å². The third kappa shape index (κ3) is 3.64. The Morgan fingerprint density at radius 1 is 1.32 bits per heavy atom. The lowest BCUT2D eigenvalue weighted by Crippen LogP contribution is -2.40. The van der Waals surface area contributed by atoms with Crippen LogP contribution < -0.4 is 14.8 Å². The third-order valence-corrected chi connectivity index (χ3v) is 5.73. The van der Waals surface area contributed by atoms with Crippen LogP contribution in [-0.4, -0.2) is 36.1 Å². The van der Waals surface area contributed by atoms with Crippen molar-refractivity contribution in [1.82, 2.24) is 9.78 Å². The second kappa shape index (κ2) is 6.89. The SMILES string of the molecule is CC(=O)N1c2ccc(-c3cnn(C4CC4)c3)c(OCS(N)(=O)=O)c2CC[C@@H]1C. The number of nitrogens with zero attached hydrogens (tertiary/aromatic N) is 3. The molecule has 1 fully saturated rings. The number of ether oxygens (including phenoxy) is 1. The summed E-state index contributed by atoms with van der Waals surface area (Å²) in [5.41, 5.74) is 3.20. The Kier molecular flexibility index (Phi) is 4.67. The maximum Gasteiger partial charge on any atom is 0.244 e. The molecule has 0 radical (unpaired) electrons. The average molecular weight is 404 g/mol. The number of aromatic nitrogens is 2. The molecule has 2 aliphatic rings. The molecule has 150 valence electrons. The minimum atomic E-state index is -3.81. The molecule has 0 spiro atoms. The third-order valence-electron chi connectivity index (χ3n) is 5.29. The lowest BCUT2D eigenvalue weighted by Gasteiger charge is -2.35. The first-order valence-corrected chi connectivity index (χ1v) is 11.1. The number of primary sulfonamides is 1. The van der Waals surface area contributed by atoms with Gasteiger partial charge >= 0.3 is 0 Å². The molecule has 1 aromatic heterocycles. The van der Waals surface area contributed by atoms with Gasteiger partial charge in [0.05, 0.1) is 17.9 Å². The minimum absolute atomic E-state index is 0.0554. The fourth-order valence-corrected chi connectivity index (χ4v) is 4.12. The van der Waals surface area contributed by atoms with Crippen LogP contribution in [-0.2, 0) is 21.2 Å². The van der Waals surface area contributed by atoms with E-state index in [4.69, 9.17) is 9.88 Å². The summed E-state index contributed by atoms with van der Waals surface area (Å²) >= 11 is 0. The zero-order chi connectivity index (χ0) is 20.1. The predicted molar refractivity (Wildman–Crippen MR) is 105 cm³/mol. The van der Waals surface area contributed by atoms with Gasteiger partial charge < -0.3 is 9.64 Å². The van der Waals surface area contributed by atoms with Crippen LogP contribution in [0.2, 0.25) is 0 Å². The van der Waals surface area contributed by atoms with Gasteiger partial charge in [0, 0.05) is 35.9 Å². The highest BCUT2D eigenvalue weighted by Crippen LogP contribution is 2.44. The van der Waals surface area contributed by atoms with Gasteiger partial charge in [-0.2, -0.15) is 5.10 Å². The molecule has 2 heterocycles. The number of benzene rings is 1. The Labute approximate surface area is 164 Å². The molecule has 1 aliphatic carbocycles. The van der Waals surface area contributed by atoms with Gasteiger partial charge in [-0.25, -0.2) is 13.6 Å². The molecule has 1 atom stereocenters. The summed E-state index contributed by atoms with van der Waals surface area (Å²) in [6.45, 7) is 3.53. The maximum atomic E-state index is 12.2. The Hall–Kier alpha value is -2.39. The van der Waals surface area contributed by atoms with Gasteiger partial charge in [-0.15, -0.1) is 0 Å². The summed E-state index contributed by atoms with van der Waals surface area (Å²) in [7, 11) is -3.81. The van der Waals surface area contributed by atoms with Gasteiger partial charge in [0.25, 0.3) is 0 Å². The number of carbonyl (C=O) groups excluding carboxylic acids is 1. The van der Waals surface area contributed by atoms with Crippen molar-refractivity contribution in [1.29, 1.82) is 0 Å². The van der Waals surface area contributed by atoms with Crippen LogP contribution in [0, 0.1) is 0 Å². The van der Waals surface area contributed by atoms with Crippen LogP contribution in [0.5, 0.6) is 5.75 Å². The van der Waals surface area contributed by atoms with E-state index < -0.39 is 16.0 Å². The lowest BCUT2D eigenvalue weighted by molar-refractivity contribution is -0.117. The standard InChI is InChI=1S/C19H24N4O4S/c1-12-3-6-17-18(23(12)13(2)24)8-7-16(19(17)27-11-28(20,25)26)14-9-21-22(10-14)15-4-5-15/h7-10,12,15H,3-6,11H2,1-2H3,(H2,20,25,26)/t12-/m0/s1. The molecular formula is C19H24N4O4S. The molecule has 1 saturated carbocycles. The fraction of sp³-hybridized carbons (Fsp3) is 0.474. The summed E-state index contributed by atoms with van der Waals surface area (Å²) in [6.07, 6.45) is 7.40. The Morgan fingerprint density at radius 2 is 2.07 bits per heavy atom. The van der Waals surface area contributed by atoms with Crippen molar-refractivity contribution in [2.24, 2.45) is 5.14 Å². The number of rotatable bonds is 5. The Balaban J connectivity index is 1.82. The van der Waals surface area contributed by atoms with Crippen molar-refractivity contribution >= 4 is 21.6 Å². The lowest BCUT2D eigenvalue weighted by atomic mass is 9.92. The van der Waals surface area contributed by atoms with E-state index in [0.717, 1.165) is 41.6 Å². The van der Waals surface area contributed by atoms with E-state index in [1.165, 1.54) is 6.92 Å². The van der Waals surface area contributed by atoms with E-state index in [2.05, 4.69) is 5.10 Å². The molecule has 0 bridgehead atoms. The molecule has 2 aromatic rings. The second-order valence-corrected chi connectivity index (χ2v) is 9.14. The van der Waals surface area contributed by atoms with Crippen LogP contribution in [0.15, 0.2) is 24.5 Å². The number of sulfonamides is 1. The highest BCUT2D eigenvalue weighted by molar-refractivity contribution is 7.88. The molecule has 0 unspecified atom stereocenters. The summed E-state index contributed by atoms with van der Waals surface area (Å²) in [6, 6.07) is 4.27. The van der Waals surface area contributed by atoms with Crippen molar-refractivity contribution in [2.45, 2.75) is 51.6 Å². The minimum Gasteiger partial charge on any atom is -0.475 e. The van der Waals surface area contributed by atoms with Crippen LogP contribution >= 0.6 is 0 Å². The predicted octanol–water partition coefficient (Wildman–Crippen LogP) is 2.20. The quantitative estimate of drug-likeness (QED) is 0.822. The van der Waals surface area contributed by atoms with Crippen molar-refractivity contribution in [3.8, 4) is 16.9 Å². The van der Waals surface area contributed by atoms with Crippen LogP contribution in [0.4, 0.5) is 5.69 Å². The van der Waals surface area contributed by atoms with Gasteiger partial charge in [-0.1, -0.05) is 0 Å². The number of nitrogens with two attached hydrogens (primary N) is 1. The molecule has 8 nitrogen and oxygen atoms in total. The normalized spacial score (nSPS) is 19.4. The average Bonchev–Trinajstić information content (AvgIpc) is 3.35. The summed E-state index contributed by atoms with van der Waals surface area (Å²) in [5.74, 6) is -0.219. The van der Waals surface area contributed by atoms with Crippen molar-refractivity contribution in [3.63, 3.8) is 0 Å². The van der Waals surface area contributed by atoms with E-state index in [9.17, 15) is 13.2 Å². The van der Waals surface area contributed by atoms with Gasteiger partial charge in [-0.05, 0) is 44.7 Å². The number of anilines is 1. The zero-order valence-corrected chi connectivity index (χ0v) is 16.8. The van der Waals surface area contributed by atoms with Crippen LogP contribution in [0.1, 0.15) is 44.7 Å². The van der Waals surface area contributed by atoms with Crippen molar-refractivity contribution in [3.05, 3.63) is 30.1 Å². The molecule has 9 heteroatoms. The topological polar surface area (TPSA) is 108 Å². The van der Waals surface area contributed by atoms with E-state index in [-0.39, 0.29) is 11.9 Å². The van der Waals surface area contributed by atoms with Gasteiger partial charge in [-0.3, -0.25) is 9.48 Å². The van der Waals surface area contributed by atoms with Gasteiger partial charge in [0.15, 0.2) is 0 Å². The van der Waals surface area contributed by atoms with Gasteiger partial charge in [0.1, 0.15) is 5.75 Å². The van der Waals surface area contributed by atoms with Crippen LogP contribution in [0.3, 0.4) is 0 Å². The zero-order valence-electron chi connectivity index (χ0n) is 16.0. The smallest absolute Gasteiger partial charge is 0.244 e. The Morgan fingerprint density at radius 3 is 2.71 bits per heavy atom.